The van der Waals surface area contributed by atoms with Crippen molar-refractivity contribution >= 4 is 28.4 Å². The number of nitrogens with zero attached hydrogens (tertiary/aromatic N) is 6. The van der Waals surface area contributed by atoms with Gasteiger partial charge >= 0.3 is 0 Å². The van der Waals surface area contributed by atoms with E-state index in [0.717, 1.165) is 45.0 Å². The molecule has 0 spiro atoms. The van der Waals surface area contributed by atoms with E-state index in [0.29, 0.717) is 26.2 Å². The van der Waals surface area contributed by atoms with Crippen molar-refractivity contribution in [3.8, 4) is 11.4 Å². The molecule has 0 unspecified atom stereocenters. The molecule has 3 aromatic carbocycles. The van der Waals surface area contributed by atoms with Gasteiger partial charge in [-0.3, -0.25) is 4.79 Å². The van der Waals surface area contributed by atoms with Gasteiger partial charge in [-0.2, -0.15) is 0 Å². The van der Waals surface area contributed by atoms with Crippen LogP contribution < -0.4 is 4.90 Å². The molecule has 0 radical (unpaired) electrons. The van der Waals surface area contributed by atoms with Crippen LogP contribution in [0.2, 0.25) is 0 Å². The van der Waals surface area contributed by atoms with Crippen LogP contribution in [0, 0.1) is 12.7 Å². The van der Waals surface area contributed by atoms with Gasteiger partial charge in [-0.15, -0.1) is 10.2 Å². The zero-order valence-corrected chi connectivity index (χ0v) is 19.9. The number of halogens is 1. The van der Waals surface area contributed by atoms with Crippen LogP contribution in [0.3, 0.4) is 0 Å². The number of anilines is 1. The van der Waals surface area contributed by atoms with E-state index in [1.54, 1.807) is 12.1 Å². The average molecular weight is 481 g/mol. The van der Waals surface area contributed by atoms with Crippen molar-refractivity contribution in [2.24, 2.45) is 0 Å². The molecular weight excluding hydrogens is 455 g/mol. The minimum absolute atomic E-state index is 0.0442. The zero-order chi connectivity index (χ0) is 24.6. The fraction of sp³-hybridized carbons (Fsp3) is 0.214. The summed E-state index contributed by atoms with van der Waals surface area (Å²) >= 11 is 0. The Kier molecular flexibility index (Phi) is 5.56. The van der Waals surface area contributed by atoms with E-state index in [9.17, 15) is 9.18 Å². The maximum absolute atomic E-state index is 13.2. The molecular formula is C28H25FN6O. The number of hydrogen-bond donors (Lipinski definition) is 0. The van der Waals surface area contributed by atoms with Crippen LogP contribution in [0.5, 0.6) is 0 Å². The second-order valence-corrected chi connectivity index (χ2v) is 9.10. The van der Waals surface area contributed by atoms with Gasteiger partial charge in [0, 0.05) is 37.1 Å². The van der Waals surface area contributed by atoms with Crippen molar-refractivity contribution in [3.63, 3.8) is 0 Å². The Morgan fingerprint density at radius 1 is 0.889 bits per heavy atom. The molecule has 6 rings (SSSR count). The second-order valence-electron chi connectivity index (χ2n) is 9.10. The number of fused-ring (bicyclic) bond motifs is 3. The Morgan fingerprint density at radius 3 is 2.39 bits per heavy atom. The third-order valence-electron chi connectivity index (χ3n) is 6.80. The highest BCUT2D eigenvalue weighted by Gasteiger charge is 2.26. The molecule has 0 aliphatic carbocycles. The number of aromatic nitrogens is 4. The normalized spacial score (nSPS) is 14.1. The summed E-state index contributed by atoms with van der Waals surface area (Å²) in [5, 5.41) is 10.1. The van der Waals surface area contributed by atoms with Crippen molar-refractivity contribution < 1.29 is 9.18 Å². The quantitative estimate of drug-likeness (QED) is 0.384. The Labute approximate surface area is 207 Å². The Bertz CT molecular complexity index is 1570. The van der Waals surface area contributed by atoms with E-state index in [2.05, 4.69) is 34.2 Å². The molecule has 180 valence electrons. The summed E-state index contributed by atoms with van der Waals surface area (Å²) in [6, 6.07) is 22.2. The molecule has 1 aliphatic rings. The number of para-hydroxylation sites is 1. The lowest BCUT2D eigenvalue weighted by atomic mass is 10.1. The number of benzene rings is 3. The molecule has 2 aromatic heterocycles. The topological polar surface area (TPSA) is 66.6 Å². The van der Waals surface area contributed by atoms with Gasteiger partial charge in [0.15, 0.2) is 11.5 Å². The molecule has 0 bridgehead atoms. The summed E-state index contributed by atoms with van der Waals surface area (Å²) in [7, 11) is 0. The highest BCUT2D eigenvalue weighted by atomic mass is 19.1. The standard InChI is InChI=1S/C28H25FN6O/c1-19-6-2-3-7-22(19)26-31-32-27-23-8-4-5-9-24(23)30-28(35(26)27)34-16-14-33(15-17-34)25(36)18-20-10-12-21(29)13-11-20/h2-13H,14-18H2,1H3. The Morgan fingerprint density at radius 2 is 1.61 bits per heavy atom. The largest absolute Gasteiger partial charge is 0.339 e. The van der Waals surface area contributed by atoms with Gasteiger partial charge in [-0.1, -0.05) is 48.5 Å². The molecule has 1 amide bonds. The van der Waals surface area contributed by atoms with Crippen LogP contribution in [0.4, 0.5) is 10.3 Å². The molecule has 1 saturated heterocycles. The summed E-state index contributed by atoms with van der Waals surface area (Å²) in [5.41, 5.74) is 4.56. The summed E-state index contributed by atoms with van der Waals surface area (Å²) in [5.74, 6) is 1.28. The molecule has 3 heterocycles. The average Bonchev–Trinajstić information content (AvgIpc) is 3.35. The third kappa shape index (κ3) is 3.94. The second kappa shape index (κ2) is 9.03. The van der Waals surface area contributed by atoms with Crippen LogP contribution in [-0.2, 0) is 11.2 Å². The van der Waals surface area contributed by atoms with E-state index in [1.165, 1.54) is 12.1 Å². The predicted molar refractivity (Wildman–Crippen MR) is 137 cm³/mol. The number of hydrogen-bond acceptors (Lipinski definition) is 5. The predicted octanol–water partition coefficient (Wildman–Crippen LogP) is 4.28. The number of amides is 1. The van der Waals surface area contributed by atoms with Crippen molar-refractivity contribution in [1.82, 2.24) is 24.5 Å². The number of carbonyl (C=O) groups excluding carboxylic acids is 1. The van der Waals surface area contributed by atoms with E-state index < -0.39 is 0 Å². The van der Waals surface area contributed by atoms with Crippen molar-refractivity contribution in [1.29, 1.82) is 0 Å². The lowest BCUT2D eigenvalue weighted by Gasteiger charge is -2.35. The van der Waals surface area contributed by atoms with Gasteiger partial charge in [0.1, 0.15) is 5.82 Å². The summed E-state index contributed by atoms with van der Waals surface area (Å²) in [4.78, 5) is 22.0. The summed E-state index contributed by atoms with van der Waals surface area (Å²) in [6.07, 6.45) is 0.265. The SMILES string of the molecule is Cc1ccccc1-c1nnc2c3ccccc3nc(N3CCN(C(=O)Cc4ccc(F)cc4)CC3)n12. The van der Waals surface area contributed by atoms with Gasteiger partial charge in [-0.05, 0) is 42.3 Å². The fourth-order valence-corrected chi connectivity index (χ4v) is 4.82. The highest BCUT2D eigenvalue weighted by molar-refractivity contribution is 5.93. The van der Waals surface area contributed by atoms with Gasteiger partial charge in [0.25, 0.3) is 0 Å². The molecule has 36 heavy (non-hydrogen) atoms. The number of aryl methyl sites for hydroxylation is 1. The van der Waals surface area contributed by atoms with Gasteiger partial charge in [-0.25, -0.2) is 13.8 Å². The van der Waals surface area contributed by atoms with Crippen LogP contribution in [0.1, 0.15) is 11.1 Å². The van der Waals surface area contributed by atoms with Crippen LogP contribution in [-0.4, -0.2) is 56.6 Å². The van der Waals surface area contributed by atoms with E-state index in [-0.39, 0.29) is 18.1 Å². The van der Waals surface area contributed by atoms with Gasteiger partial charge in [0.2, 0.25) is 11.9 Å². The molecule has 0 N–H and O–H groups in total. The molecule has 7 nitrogen and oxygen atoms in total. The first kappa shape index (κ1) is 22.2. The van der Waals surface area contributed by atoms with Crippen LogP contribution in [0.25, 0.3) is 27.9 Å². The fourth-order valence-electron chi connectivity index (χ4n) is 4.82. The van der Waals surface area contributed by atoms with Crippen molar-refractivity contribution in [2.75, 3.05) is 31.1 Å². The highest BCUT2D eigenvalue weighted by Crippen LogP contribution is 2.30. The molecule has 8 heteroatoms. The van der Waals surface area contributed by atoms with E-state index in [4.69, 9.17) is 4.98 Å². The molecule has 0 atom stereocenters. The number of piperazine rings is 1. The van der Waals surface area contributed by atoms with Gasteiger partial charge in [0.05, 0.1) is 11.9 Å². The van der Waals surface area contributed by atoms with Crippen molar-refractivity contribution in [3.05, 3.63) is 89.7 Å². The van der Waals surface area contributed by atoms with Gasteiger partial charge < -0.3 is 9.80 Å². The molecule has 1 aliphatic heterocycles. The Hall–Kier alpha value is -4.33. The first-order valence-electron chi connectivity index (χ1n) is 12.1. The van der Waals surface area contributed by atoms with E-state index >= 15 is 0 Å². The number of carbonyl (C=O) groups is 1. The first-order valence-corrected chi connectivity index (χ1v) is 12.1. The lowest BCUT2D eigenvalue weighted by molar-refractivity contribution is -0.130. The molecule has 0 saturated carbocycles. The Balaban J connectivity index is 1.33. The van der Waals surface area contributed by atoms with Crippen LogP contribution >= 0.6 is 0 Å². The number of rotatable bonds is 4. The lowest BCUT2D eigenvalue weighted by Crippen LogP contribution is -2.50. The van der Waals surface area contributed by atoms with E-state index in [1.807, 2.05) is 45.7 Å². The zero-order valence-electron chi connectivity index (χ0n) is 19.9. The molecule has 1 fully saturated rings. The minimum atomic E-state index is -0.298. The van der Waals surface area contributed by atoms with Crippen molar-refractivity contribution in [2.45, 2.75) is 13.3 Å². The monoisotopic (exact) mass is 480 g/mol. The summed E-state index contributed by atoms with van der Waals surface area (Å²) < 4.78 is 15.3. The molecule has 5 aromatic rings. The maximum Gasteiger partial charge on any atom is 0.227 e. The third-order valence-corrected chi connectivity index (χ3v) is 6.80. The minimum Gasteiger partial charge on any atom is -0.339 e. The smallest absolute Gasteiger partial charge is 0.227 e. The first-order chi connectivity index (χ1) is 17.6. The van der Waals surface area contributed by atoms with Crippen LogP contribution in [0.15, 0.2) is 72.8 Å². The maximum atomic E-state index is 13.2. The summed E-state index contributed by atoms with van der Waals surface area (Å²) in [6.45, 7) is 4.51.